The van der Waals surface area contributed by atoms with E-state index in [1.807, 2.05) is 30.3 Å². The van der Waals surface area contributed by atoms with Crippen molar-refractivity contribution in [2.75, 3.05) is 18.8 Å². The van der Waals surface area contributed by atoms with Gasteiger partial charge in [0.1, 0.15) is 0 Å². The van der Waals surface area contributed by atoms with Gasteiger partial charge in [-0.15, -0.1) is 11.5 Å². The number of hydrogen-bond donors (Lipinski definition) is 1. The Bertz CT molecular complexity index is 517. The van der Waals surface area contributed by atoms with Crippen LogP contribution in [-0.4, -0.2) is 39.0 Å². The minimum absolute atomic E-state index is 0.587. The second kappa shape index (κ2) is 6.79. The Labute approximate surface area is 110 Å². The van der Waals surface area contributed by atoms with Gasteiger partial charge in [-0.05, 0) is 22.6 Å². The Morgan fingerprint density at radius 3 is 2.94 bits per heavy atom. The van der Waals surface area contributed by atoms with Crippen molar-refractivity contribution in [3.8, 4) is 18.0 Å². The van der Waals surface area contributed by atoms with Crippen molar-refractivity contribution >= 4 is 11.8 Å². The van der Waals surface area contributed by atoms with Gasteiger partial charge in [-0.1, -0.05) is 35.9 Å². The molecule has 1 aromatic heterocycles. The normalized spacial score (nSPS) is 10.2. The van der Waals surface area contributed by atoms with Crippen LogP contribution in [0, 0.1) is 12.3 Å². The van der Waals surface area contributed by atoms with Crippen molar-refractivity contribution in [3.05, 3.63) is 30.3 Å². The van der Waals surface area contributed by atoms with E-state index in [0.717, 1.165) is 23.1 Å². The Hall–Kier alpha value is -1.84. The van der Waals surface area contributed by atoms with E-state index >= 15 is 0 Å². The van der Waals surface area contributed by atoms with Gasteiger partial charge in [-0.3, -0.25) is 0 Å². The number of tetrazole rings is 1. The van der Waals surface area contributed by atoms with Crippen LogP contribution >= 0.6 is 11.8 Å². The topological polar surface area (TPSA) is 55.6 Å². The Balaban J connectivity index is 1.95. The predicted molar refractivity (Wildman–Crippen MR) is 71.6 cm³/mol. The molecule has 2 aromatic rings. The molecule has 0 spiro atoms. The number of nitrogens with one attached hydrogen (secondary N) is 1. The maximum Gasteiger partial charge on any atom is 0.214 e. The van der Waals surface area contributed by atoms with Gasteiger partial charge in [0.05, 0.1) is 12.2 Å². The van der Waals surface area contributed by atoms with Crippen molar-refractivity contribution in [1.29, 1.82) is 0 Å². The standard InChI is InChI=1S/C12H13N5S/c1-2-8-13-9-10-18-12-14-15-16-17(12)11-6-4-3-5-7-11/h1,3-7,13H,8-10H2. The molecular weight excluding hydrogens is 246 g/mol. The van der Waals surface area contributed by atoms with Crippen LogP contribution < -0.4 is 5.32 Å². The first kappa shape index (κ1) is 12.6. The summed E-state index contributed by atoms with van der Waals surface area (Å²) in [6.07, 6.45) is 5.15. The highest BCUT2D eigenvalue weighted by atomic mass is 32.2. The third-order valence-electron chi connectivity index (χ3n) is 2.18. The first-order valence-corrected chi connectivity index (χ1v) is 6.51. The van der Waals surface area contributed by atoms with Crippen LogP contribution in [0.2, 0.25) is 0 Å². The van der Waals surface area contributed by atoms with Gasteiger partial charge in [0.15, 0.2) is 0 Å². The Morgan fingerprint density at radius 2 is 2.17 bits per heavy atom. The lowest BCUT2D eigenvalue weighted by Gasteiger charge is -2.03. The number of nitrogens with zero attached hydrogens (tertiary/aromatic N) is 4. The molecule has 0 aliphatic rings. The largest absolute Gasteiger partial charge is 0.305 e. The fraction of sp³-hybridized carbons (Fsp3) is 0.250. The molecular formula is C12H13N5S. The molecule has 1 aromatic carbocycles. The summed E-state index contributed by atoms with van der Waals surface area (Å²) in [6.45, 7) is 1.42. The van der Waals surface area contributed by atoms with Gasteiger partial charge in [0.25, 0.3) is 0 Å². The SMILES string of the molecule is C#CCNCCSc1nnnn1-c1ccccc1. The van der Waals surface area contributed by atoms with E-state index in [-0.39, 0.29) is 0 Å². The van der Waals surface area contributed by atoms with Crippen LogP contribution in [-0.2, 0) is 0 Å². The van der Waals surface area contributed by atoms with Crippen LogP contribution in [0.3, 0.4) is 0 Å². The van der Waals surface area contributed by atoms with Crippen molar-refractivity contribution in [2.45, 2.75) is 5.16 Å². The van der Waals surface area contributed by atoms with Crippen LogP contribution in [0.5, 0.6) is 0 Å². The van der Waals surface area contributed by atoms with E-state index in [1.165, 1.54) is 0 Å². The molecule has 0 aliphatic carbocycles. The fourth-order valence-electron chi connectivity index (χ4n) is 1.38. The monoisotopic (exact) mass is 259 g/mol. The molecule has 0 unspecified atom stereocenters. The van der Waals surface area contributed by atoms with Gasteiger partial charge < -0.3 is 5.32 Å². The maximum atomic E-state index is 5.15. The molecule has 2 rings (SSSR count). The van der Waals surface area contributed by atoms with Crippen molar-refractivity contribution in [3.63, 3.8) is 0 Å². The molecule has 0 fully saturated rings. The average Bonchev–Trinajstić information content (AvgIpc) is 2.88. The van der Waals surface area contributed by atoms with E-state index in [2.05, 4.69) is 26.8 Å². The zero-order valence-electron chi connectivity index (χ0n) is 9.78. The predicted octanol–water partition coefficient (Wildman–Crippen LogP) is 0.977. The smallest absolute Gasteiger partial charge is 0.214 e. The number of hydrogen-bond acceptors (Lipinski definition) is 5. The summed E-state index contributed by atoms with van der Waals surface area (Å²) in [5.41, 5.74) is 0.960. The zero-order valence-corrected chi connectivity index (χ0v) is 10.6. The lowest BCUT2D eigenvalue weighted by molar-refractivity contribution is 0.754. The second-order valence-corrected chi connectivity index (χ2v) is 4.50. The van der Waals surface area contributed by atoms with E-state index in [4.69, 9.17) is 6.42 Å². The summed E-state index contributed by atoms with van der Waals surface area (Å²) in [6, 6.07) is 9.82. The number of terminal acetylenes is 1. The highest BCUT2D eigenvalue weighted by Crippen LogP contribution is 2.16. The van der Waals surface area contributed by atoms with Crippen molar-refractivity contribution in [1.82, 2.24) is 25.5 Å². The van der Waals surface area contributed by atoms with Crippen LogP contribution in [0.15, 0.2) is 35.5 Å². The Kier molecular flexibility index (Phi) is 4.76. The second-order valence-electron chi connectivity index (χ2n) is 3.44. The first-order valence-electron chi connectivity index (χ1n) is 5.52. The van der Waals surface area contributed by atoms with Crippen LogP contribution in [0.1, 0.15) is 0 Å². The molecule has 6 heteroatoms. The molecule has 18 heavy (non-hydrogen) atoms. The fourth-order valence-corrected chi connectivity index (χ4v) is 2.16. The number of benzene rings is 1. The lowest BCUT2D eigenvalue weighted by Crippen LogP contribution is -2.17. The molecule has 0 aliphatic heterocycles. The number of para-hydroxylation sites is 1. The molecule has 1 N–H and O–H groups in total. The van der Waals surface area contributed by atoms with E-state index < -0.39 is 0 Å². The molecule has 0 radical (unpaired) electrons. The minimum Gasteiger partial charge on any atom is -0.305 e. The minimum atomic E-state index is 0.587. The van der Waals surface area contributed by atoms with Gasteiger partial charge in [-0.2, -0.15) is 4.68 Å². The van der Waals surface area contributed by atoms with Gasteiger partial charge >= 0.3 is 0 Å². The van der Waals surface area contributed by atoms with E-state index in [9.17, 15) is 0 Å². The van der Waals surface area contributed by atoms with Crippen molar-refractivity contribution < 1.29 is 0 Å². The number of thioether (sulfide) groups is 1. The summed E-state index contributed by atoms with van der Waals surface area (Å²) < 4.78 is 1.73. The van der Waals surface area contributed by atoms with Crippen LogP contribution in [0.25, 0.3) is 5.69 Å². The molecule has 92 valence electrons. The summed E-state index contributed by atoms with van der Waals surface area (Å²) in [5.74, 6) is 3.40. The van der Waals surface area contributed by atoms with Crippen molar-refractivity contribution in [2.24, 2.45) is 0 Å². The molecule has 0 bridgehead atoms. The third-order valence-corrected chi connectivity index (χ3v) is 3.10. The molecule has 0 saturated carbocycles. The average molecular weight is 259 g/mol. The van der Waals surface area contributed by atoms with E-state index in [1.54, 1.807) is 16.4 Å². The number of rotatable bonds is 6. The molecule has 0 saturated heterocycles. The van der Waals surface area contributed by atoms with Gasteiger partial charge in [0.2, 0.25) is 5.16 Å². The zero-order chi connectivity index (χ0) is 12.6. The van der Waals surface area contributed by atoms with E-state index in [0.29, 0.717) is 6.54 Å². The molecule has 5 nitrogen and oxygen atoms in total. The summed E-state index contributed by atoms with van der Waals surface area (Å²) in [7, 11) is 0. The first-order chi connectivity index (χ1) is 8.92. The van der Waals surface area contributed by atoms with Gasteiger partial charge in [-0.25, -0.2) is 0 Å². The van der Waals surface area contributed by atoms with Crippen LogP contribution in [0.4, 0.5) is 0 Å². The van der Waals surface area contributed by atoms with Gasteiger partial charge in [0, 0.05) is 12.3 Å². The Morgan fingerprint density at radius 1 is 1.33 bits per heavy atom. The summed E-state index contributed by atoms with van der Waals surface area (Å²) in [4.78, 5) is 0. The third kappa shape index (κ3) is 3.32. The summed E-state index contributed by atoms with van der Waals surface area (Å²) in [5, 5.41) is 15.6. The lowest BCUT2D eigenvalue weighted by atomic mass is 10.3. The molecule has 1 heterocycles. The molecule has 0 atom stereocenters. The molecule has 0 amide bonds. The summed E-state index contributed by atoms with van der Waals surface area (Å²) >= 11 is 1.59. The maximum absolute atomic E-state index is 5.15. The quantitative estimate of drug-likeness (QED) is 0.476. The highest BCUT2D eigenvalue weighted by Gasteiger charge is 2.07. The highest BCUT2D eigenvalue weighted by molar-refractivity contribution is 7.99. The number of aromatic nitrogens is 4.